The lowest BCUT2D eigenvalue weighted by atomic mass is 9.59. The molecular weight excluding hydrogens is 310 g/mol. The molecule has 0 bridgehead atoms. The fraction of sp³-hybridized carbons (Fsp3) is 0.636. The molecule has 0 saturated carbocycles. The fourth-order valence-electron chi connectivity index (χ4n) is 3.69. The first-order valence-corrected chi connectivity index (χ1v) is 9.36. The molecule has 138 valence electrons. The minimum Gasteiger partial charge on any atom is -0.282 e. The largest absolute Gasteiger partial charge is 0.282 e. The lowest BCUT2D eigenvalue weighted by Gasteiger charge is -2.44. The third kappa shape index (κ3) is 3.80. The highest BCUT2D eigenvalue weighted by molar-refractivity contribution is 6.05. The zero-order chi connectivity index (χ0) is 19.0. The van der Waals surface area contributed by atoms with Gasteiger partial charge < -0.3 is 0 Å². The third-order valence-electron chi connectivity index (χ3n) is 6.07. The molecule has 2 rings (SSSR count). The van der Waals surface area contributed by atoms with Gasteiger partial charge in [-0.3, -0.25) is 14.5 Å². The lowest BCUT2D eigenvalue weighted by molar-refractivity contribution is -0.142. The van der Waals surface area contributed by atoms with Crippen LogP contribution in [0.1, 0.15) is 54.0 Å². The van der Waals surface area contributed by atoms with E-state index < -0.39 is 0 Å². The van der Waals surface area contributed by atoms with Crippen molar-refractivity contribution >= 4 is 11.8 Å². The van der Waals surface area contributed by atoms with Gasteiger partial charge in [0.1, 0.15) is 0 Å². The van der Waals surface area contributed by atoms with Gasteiger partial charge in [0.15, 0.2) is 0 Å². The van der Waals surface area contributed by atoms with Gasteiger partial charge in [-0.15, -0.1) is 0 Å². The monoisotopic (exact) mass is 343 g/mol. The van der Waals surface area contributed by atoms with E-state index in [9.17, 15) is 9.59 Å². The van der Waals surface area contributed by atoms with Gasteiger partial charge in [-0.05, 0) is 28.7 Å². The topological polar surface area (TPSA) is 37.4 Å². The summed E-state index contributed by atoms with van der Waals surface area (Å²) in [7, 11) is 0. The van der Waals surface area contributed by atoms with Crippen LogP contribution in [-0.4, -0.2) is 23.3 Å². The highest BCUT2D eigenvalue weighted by atomic mass is 16.2. The first-order chi connectivity index (χ1) is 11.5. The summed E-state index contributed by atoms with van der Waals surface area (Å²) in [6, 6.07) is 10.1. The molecular formula is C22H33NO2. The van der Waals surface area contributed by atoms with Crippen molar-refractivity contribution in [1.82, 2.24) is 4.90 Å². The SMILES string of the molecule is CC(C)CN1C(=O)C(Cc2ccccc2)C(C(C)(C)C(C)(C)C)C1=O. The van der Waals surface area contributed by atoms with E-state index in [1.54, 1.807) is 0 Å². The summed E-state index contributed by atoms with van der Waals surface area (Å²) in [5.74, 6) is -0.256. The predicted molar refractivity (Wildman–Crippen MR) is 102 cm³/mol. The average molecular weight is 344 g/mol. The number of carbonyl (C=O) groups is 2. The van der Waals surface area contributed by atoms with Crippen LogP contribution in [0.3, 0.4) is 0 Å². The Balaban J connectivity index is 2.43. The number of benzene rings is 1. The summed E-state index contributed by atoms with van der Waals surface area (Å²) in [5, 5.41) is 0. The minimum atomic E-state index is -0.279. The van der Waals surface area contributed by atoms with Crippen LogP contribution in [0.15, 0.2) is 30.3 Å². The second-order valence-electron chi connectivity index (χ2n) is 9.43. The summed E-state index contributed by atoms with van der Waals surface area (Å²) in [6.07, 6.45) is 0.629. The molecule has 0 N–H and O–H groups in total. The second kappa shape index (κ2) is 6.93. The Labute approximate surface area is 152 Å². The number of rotatable bonds is 5. The molecule has 3 nitrogen and oxygen atoms in total. The fourth-order valence-corrected chi connectivity index (χ4v) is 3.69. The van der Waals surface area contributed by atoms with E-state index in [1.165, 1.54) is 4.90 Å². The van der Waals surface area contributed by atoms with Gasteiger partial charge in [0.05, 0.1) is 11.8 Å². The van der Waals surface area contributed by atoms with Gasteiger partial charge in [-0.1, -0.05) is 78.8 Å². The van der Waals surface area contributed by atoms with E-state index in [-0.39, 0.29) is 40.4 Å². The Morgan fingerprint density at radius 1 is 0.960 bits per heavy atom. The normalized spacial score (nSPS) is 22.2. The van der Waals surface area contributed by atoms with Crippen LogP contribution in [0, 0.1) is 28.6 Å². The Morgan fingerprint density at radius 3 is 2.00 bits per heavy atom. The standard InChI is InChI=1S/C22H33NO2/c1-15(2)14-23-19(24)17(13-16-11-9-8-10-12-16)18(20(23)25)22(6,7)21(3,4)5/h8-12,15,17-18H,13-14H2,1-7H3. The van der Waals surface area contributed by atoms with Gasteiger partial charge in [0.25, 0.3) is 0 Å². The molecule has 1 aliphatic rings. The Bertz CT molecular complexity index is 625. The van der Waals surface area contributed by atoms with Crippen LogP contribution < -0.4 is 0 Å². The number of imide groups is 1. The van der Waals surface area contributed by atoms with Crippen LogP contribution in [0.4, 0.5) is 0 Å². The van der Waals surface area contributed by atoms with Gasteiger partial charge in [-0.25, -0.2) is 0 Å². The Kier molecular flexibility index (Phi) is 5.46. The van der Waals surface area contributed by atoms with E-state index in [1.807, 2.05) is 30.3 Å². The van der Waals surface area contributed by atoms with E-state index in [0.717, 1.165) is 5.56 Å². The Morgan fingerprint density at radius 2 is 1.52 bits per heavy atom. The van der Waals surface area contributed by atoms with Crippen molar-refractivity contribution in [1.29, 1.82) is 0 Å². The van der Waals surface area contributed by atoms with Crippen molar-refractivity contribution in [2.75, 3.05) is 6.54 Å². The van der Waals surface area contributed by atoms with Crippen molar-refractivity contribution in [2.24, 2.45) is 28.6 Å². The van der Waals surface area contributed by atoms with E-state index in [0.29, 0.717) is 13.0 Å². The molecule has 1 aliphatic heterocycles. The average Bonchev–Trinajstić information content (AvgIpc) is 2.72. The van der Waals surface area contributed by atoms with Crippen LogP contribution in [0.5, 0.6) is 0 Å². The molecule has 1 heterocycles. The molecule has 2 unspecified atom stereocenters. The molecule has 0 aliphatic carbocycles. The van der Waals surface area contributed by atoms with Crippen LogP contribution in [0.25, 0.3) is 0 Å². The maximum absolute atomic E-state index is 13.3. The number of hydrogen-bond donors (Lipinski definition) is 0. The van der Waals surface area contributed by atoms with Crippen molar-refractivity contribution < 1.29 is 9.59 Å². The van der Waals surface area contributed by atoms with E-state index in [4.69, 9.17) is 0 Å². The third-order valence-corrected chi connectivity index (χ3v) is 6.07. The molecule has 3 heteroatoms. The first kappa shape index (κ1) is 19.7. The van der Waals surface area contributed by atoms with Crippen molar-refractivity contribution in [3.8, 4) is 0 Å². The molecule has 1 aromatic rings. The quantitative estimate of drug-likeness (QED) is 0.735. The van der Waals surface area contributed by atoms with Gasteiger partial charge in [0.2, 0.25) is 11.8 Å². The second-order valence-corrected chi connectivity index (χ2v) is 9.43. The molecule has 1 saturated heterocycles. The summed E-state index contributed by atoms with van der Waals surface area (Å²) in [4.78, 5) is 27.9. The molecule has 0 radical (unpaired) electrons. The summed E-state index contributed by atoms with van der Waals surface area (Å²) < 4.78 is 0. The van der Waals surface area contributed by atoms with Crippen molar-refractivity contribution in [3.05, 3.63) is 35.9 Å². The van der Waals surface area contributed by atoms with Crippen molar-refractivity contribution in [2.45, 2.75) is 54.9 Å². The molecule has 2 amide bonds. The zero-order valence-corrected chi connectivity index (χ0v) is 16.8. The summed E-state index contributed by atoms with van der Waals surface area (Å²) >= 11 is 0. The minimum absolute atomic E-state index is 0.00452. The summed E-state index contributed by atoms with van der Waals surface area (Å²) in [5.41, 5.74) is 0.774. The summed E-state index contributed by atoms with van der Waals surface area (Å²) in [6.45, 7) is 15.4. The highest BCUT2D eigenvalue weighted by Gasteiger charge is 2.56. The molecule has 25 heavy (non-hydrogen) atoms. The van der Waals surface area contributed by atoms with Gasteiger partial charge in [-0.2, -0.15) is 0 Å². The number of carbonyl (C=O) groups excluding carboxylic acids is 2. The van der Waals surface area contributed by atoms with Gasteiger partial charge in [0, 0.05) is 6.54 Å². The van der Waals surface area contributed by atoms with E-state index in [2.05, 4.69) is 48.5 Å². The maximum atomic E-state index is 13.3. The maximum Gasteiger partial charge on any atom is 0.233 e. The number of amides is 2. The molecule has 1 aromatic carbocycles. The Hall–Kier alpha value is -1.64. The molecule has 2 atom stereocenters. The molecule has 0 aromatic heterocycles. The first-order valence-electron chi connectivity index (χ1n) is 9.36. The number of likely N-dealkylation sites (tertiary alicyclic amines) is 1. The van der Waals surface area contributed by atoms with Gasteiger partial charge >= 0.3 is 0 Å². The van der Waals surface area contributed by atoms with Crippen LogP contribution in [-0.2, 0) is 16.0 Å². The smallest absolute Gasteiger partial charge is 0.233 e. The van der Waals surface area contributed by atoms with Crippen molar-refractivity contribution in [3.63, 3.8) is 0 Å². The predicted octanol–water partition coefficient (Wildman–Crippen LogP) is 4.56. The zero-order valence-electron chi connectivity index (χ0n) is 16.8. The lowest BCUT2D eigenvalue weighted by Crippen LogP contribution is -2.44. The van der Waals surface area contributed by atoms with Crippen LogP contribution in [0.2, 0.25) is 0 Å². The molecule has 0 spiro atoms. The van der Waals surface area contributed by atoms with E-state index >= 15 is 0 Å². The number of hydrogen-bond acceptors (Lipinski definition) is 2. The highest BCUT2D eigenvalue weighted by Crippen LogP contribution is 2.51. The van der Waals surface area contributed by atoms with Crippen LogP contribution >= 0.6 is 0 Å². The number of nitrogens with zero attached hydrogens (tertiary/aromatic N) is 1. The molecule has 1 fully saturated rings.